The molecule has 0 aromatic heterocycles. The molecular weight excluding hydrogens is 198 g/mol. The molecule has 0 amide bonds. The lowest BCUT2D eigenvalue weighted by atomic mass is 9.71. The van der Waals surface area contributed by atoms with Gasteiger partial charge in [0.25, 0.3) is 0 Å². The van der Waals surface area contributed by atoms with E-state index in [1.807, 2.05) is 0 Å². The van der Waals surface area contributed by atoms with E-state index in [2.05, 4.69) is 18.7 Å². The van der Waals surface area contributed by atoms with Gasteiger partial charge >= 0.3 is 0 Å². The summed E-state index contributed by atoms with van der Waals surface area (Å²) in [6.45, 7) is 6.90. The van der Waals surface area contributed by atoms with Crippen LogP contribution < -0.4 is 5.73 Å². The van der Waals surface area contributed by atoms with Gasteiger partial charge in [-0.25, -0.2) is 0 Å². The fourth-order valence-corrected chi connectivity index (χ4v) is 5.40. The molecule has 90 valence electrons. The number of rotatable bonds is 0. The average molecular weight is 221 g/mol. The van der Waals surface area contributed by atoms with Crippen LogP contribution in [0.5, 0.6) is 0 Å². The zero-order chi connectivity index (χ0) is 11.6. The maximum atomic E-state index is 7.65. The Morgan fingerprint density at radius 3 is 1.75 bits per heavy atom. The Bertz CT molecular complexity index is 298. The molecule has 0 atom stereocenters. The molecule has 0 radical (unpaired) electrons. The van der Waals surface area contributed by atoms with E-state index in [1.54, 1.807) is 0 Å². The molecule has 0 aromatic carbocycles. The Labute approximate surface area is 97.9 Å². The van der Waals surface area contributed by atoms with Gasteiger partial charge in [0.15, 0.2) is 5.96 Å². The number of hydrogen-bond acceptors (Lipinski definition) is 1. The van der Waals surface area contributed by atoms with Crippen LogP contribution in [-0.4, -0.2) is 23.9 Å². The Morgan fingerprint density at radius 1 is 1.06 bits per heavy atom. The first-order valence-electron chi connectivity index (χ1n) is 6.55. The third-order valence-corrected chi connectivity index (χ3v) is 5.41. The molecule has 1 saturated heterocycles. The van der Waals surface area contributed by atoms with Crippen molar-refractivity contribution in [1.29, 1.82) is 5.41 Å². The van der Waals surface area contributed by atoms with Gasteiger partial charge in [-0.3, -0.25) is 5.41 Å². The maximum Gasteiger partial charge on any atom is 0.188 e. The Balaban J connectivity index is 1.94. The normalized spacial score (nSPS) is 50.5. The molecule has 1 aliphatic heterocycles. The van der Waals surface area contributed by atoms with E-state index < -0.39 is 0 Å². The Hall–Kier alpha value is -0.730. The molecule has 1 heterocycles. The Kier molecular flexibility index (Phi) is 1.91. The summed E-state index contributed by atoms with van der Waals surface area (Å²) in [7, 11) is 0. The van der Waals surface area contributed by atoms with E-state index in [0.717, 1.165) is 24.9 Å². The third kappa shape index (κ3) is 1.12. The van der Waals surface area contributed by atoms with Crippen molar-refractivity contribution >= 4 is 5.96 Å². The van der Waals surface area contributed by atoms with Crippen LogP contribution in [0.15, 0.2) is 0 Å². The van der Waals surface area contributed by atoms with Crippen molar-refractivity contribution in [2.75, 3.05) is 13.1 Å². The summed E-state index contributed by atoms with van der Waals surface area (Å²) in [5.74, 6) is 2.04. The van der Waals surface area contributed by atoms with E-state index in [9.17, 15) is 0 Å². The Morgan fingerprint density at radius 2 is 1.44 bits per heavy atom. The monoisotopic (exact) mass is 221 g/mol. The van der Waals surface area contributed by atoms with Gasteiger partial charge in [-0.15, -0.1) is 0 Å². The lowest BCUT2D eigenvalue weighted by Crippen LogP contribution is -2.37. The van der Waals surface area contributed by atoms with Crippen LogP contribution in [0.1, 0.15) is 39.5 Å². The number of hydrogen-bond donors (Lipinski definition) is 2. The van der Waals surface area contributed by atoms with E-state index in [1.165, 1.54) is 25.7 Å². The molecule has 3 N–H and O–H groups in total. The van der Waals surface area contributed by atoms with Crippen molar-refractivity contribution in [2.45, 2.75) is 39.5 Å². The van der Waals surface area contributed by atoms with Crippen molar-refractivity contribution < 1.29 is 0 Å². The molecule has 0 spiro atoms. The van der Waals surface area contributed by atoms with Crippen LogP contribution in [0.4, 0.5) is 0 Å². The largest absolute Gasteiger partial charge is 0.370 e. The van der Waals surface area contributed by atoms with Gasteiger partial charge in [-0.2, -0.15) is 0 Å². The predicted molar refractivity (Wildman–Crippen MR) is 65.1 cm³/mol. The number of guanidine groups is 1. The lowest BCUT2D eigenvalue weighted by molar-refractivity contribution is 0.184. The fourth-order valence-electron chi connectivity index (χ4n) is 5.40. The number of likely N-dealkylation sites (tertiary alicyclic amines) is 1. The van der Waals surface area contributed by atoms with E-state index in [0.29, 0.717) is 10.8 Å². The summed E-state index contributed by atoms with van der Waals surface area (Å²) in [6, 6.07) is 0. The summed E-state index contributed by atoms with van der Waals surface area (Å²) in [5.41, 5.74) is 6.67. The quantitative estimate of drug-likeness (QED) is 0.486. The summed E-state index contributed by atoms with van der Waals surface area (Å²) >= 11 is 0. The molecule has 16 heavy (non-hydrogen) atoms. The minimum atomic E-state index is 0.287. The highest BCUT2D eigenvalue weighted by Gasteiger charge is 2.65. The molecule has 2 saturated carbocycles. The minimum Gasteiger partial charge on any atom is -0.370 e. The van der Waals surface area contributed by atoms with Crippen LogP contribution >= 0.6 is 0 Å². The number of nitrogens with two attached hydrogens (primary N) is 1. The zero-order valence-corrected chi connectivity index (χ0v) is 10.4. The number of nitrogens with one attached hydrogen (secondary N) is 1. The molecule has 3 heteroatoms. The van der Waals surface area contributed by atoms with Gasteiger partial charge in [0, 0.05) is 13.1 Å². The second kappa shape index (κ2) is 2.93. The van der Waals surface area contributed by atoms with E-state index in [-0.39, 0.29) is 5.96 Å². The second-order valence-corrected chi connectivity index (χ2v) is 6.83. The van der Waals surface area contributed by atoms with Crippen molar-refractivity contribution in [2.24, 2.45) is 28.4 Å². The highest BCUT2D eigenvalue weighted by atomic mass is 15.3. The molecule has 3 aliphatic rings. The molecular formula is C13H23N3. The summed E-state index contributed by atoms with van der Waals surface area (Å²) in [6.07, 6.45) is 5.45. The third-order valence-electron chi connectivity index (χ3n) is 5.41. The first-order valence-corrected chi connectivity index (χ1v) is 6.55. The maximum absolute atomic E-state index is 7.65. The topological polar surface area (TPSA) is 53.1 Å². The predicted octanol–water partition coefficient (Wildman–Crippen LogP) is 2.03. The smallest absolute Gasteiger partial charge is 0.188 e. The summed E-state index contributed by atoms with van der Waals surface area (Å²) in [4.78, 5) is 2.12. The number of nitrogens with zero attached hydrogens (tertiary/aromatic N) is 1. The molecule has 2 aliphatic carbocycles. The van der Waals surface area contributed by atoms with E-state index in [4.69, 9.17) is 11.1 Å². The van der Waals surface area contributed by atoms with Crippen LogP contribution in [0.2, 0.25) is 0 Å². The van der Waals surface area contributed by atoms with Gasteiger partial charge < -0.3 is 10.6 Å². The SMILES string of the molecule is CC1CC23CC(C)CC2(C1)CN(C(=N)N)C3. The van der Waals surface area contributed by atoms with Crippen LogP contribution in [0.25, 0.3) is 0 Å². The molecule has 0 aromatic rings. The molecule has 3 nitrogen and oxygen atoms in total. The van der Waals surface area contributed by atoms with Crippen molar-refractivity contribution in [3.63, 3.8) is 0 Å². The van der Waals surface area contributed by atoms with Crippen LogP contribution in [-0.2, 0) is 0 Å². The highest BCUT2D eigenvalue weighted by Crippen LogP contribution is 2.69. The first-order chi connectivity index (χ1) is 7.46. The molecule has 0 bridgehead atoms. The van der Waals surface area contributed by atoms with Crippen LogP contribution in [0, 0.1) is 28.1 Å². The van der Waals surface area contributed by atoms with Gasteiger partial charge in [0.05, 0.1) is 0 Å². The average Bonchev–Trinajstić information content (AvgIpc) is 2.57. The zero-order valence-electron chi connectivity index (χ0n) is 10.4. The lowest BCUT2D eigenvalue weighted by Gasteiger charge is -2.31. The van der Waals surface area contributed by atoms with Gasteiger partial charge in [0.1, 0.15) is 0 Å². The minimum absolute atomic E-state index is 0.287. The standard InChI is InChI=1S/C13H23N3/c1-9-3-12-5-10(2)6-13(12,4-9)8-16(7-12)11(14)15/h9-10H,3-8H2,1-2H3,(H3,14,15). The van der Waals surface area contributed by atoms with Gasteiger partial charge in [-0.05, 0) is 48.3 Å². The molecule has 0 unspecified atom stereocenters. The second-order valence-electron chi connectivity index (χ2n) is 6.83. The molecule has 3 fully saturated rings. The summed E-state index contributed by atoms with van der Waals surface area (Å²) in [5, 5.41) is 7.65. The molecule has 3 rings (SSSR count). The van der Waals surface area contributed by atoms with Crippen LogP contribution in [0.3, 0.4) is 0 Å². The summed E-state index contributed by atoms with van der Waals surface area (Å²) < 4.78 is 0. The fraction of sp³-hybridized carbons (Fsp3) is 0.923. The first kappa shape index (κ1) is 10.4. The van der Waals surface area contributed by atoms with Crippen molar-refractivity contribution in [1.82, 2.24) is 4.90 Å². The van der Waals surface area contributed by atoms with Gasteiger partial charge in [0.2, 0.25) is 0 Å². The van der Waals surface area contributed by atoms with Crippen molar-refractivity contribution in [3.05, 3.63) is 0 Å². The highest BCUT2D eigenvalue weighted by molar-refractivity contribution is 5.75. The van der Waals surface area contributed by atoms with E-state index >= 15 is 0 Å². The van der Waals surface area contributed by atoms with Gasteiger partial charge in [-0.1, -0.05) is 13.8 Å². The van der Waals surface area contributed by atoms with Crippen molar-refractivity contribution in [3.8, 4) is 0 Å².